The molecule has 0 amide bonds. The molecule has 0 radical (unpaired) electrons. The van der Waals surface area contributed by atoms with Crippen molar-refractivity contribution < 1.29 is 23.9 Å². The van der Waals surface area contributed by atoms with Crippen LogP contribution in [0.3, 0.4) is 0 Å². The van der Waals surface area contributed by atoms with Crippen LogP contribution >= 0.6 is 0 Å². The smallest absolute Gasteiger partial charge is 0.144 e. The molecular weight excluding hydrogens is 392 g/mol. The Morgan fingerprint density at radius 2 is 1.16 bits per heavy atom. The van der Waals surface area contributed by atoms with Gasteiger partial charge in [-0.2, -0.15) is 0 Å². The van der Waals surface area contributed by atoms with Crippen LogP contribution in [-0.4, -0.2) is 29.7 Å². The Hall–Kier alpha value is -2.30. The number of hydrogen-bond donors (Lipinski definition) is 0. The fraction of sp³-hybridized carbons (Fsp3) is 0.615. The van der Waals surface area contributed by atoms with Crippen molar-refractivity contribution in [3.05, 3.63) is 29.8 Å². The number of Topliss-reactive ketones (excluding diaryl/α,β-unsaturated/α-hetero) is 4. The average molecular weight is 427 g/mol. The number of carbonyl (C=O) groups is 4. The van der Waals surface area contributed by atoms with Crippen LogP contribution in [0.4, 0.5) is 0 Å². The van der Waals surface area contributed by atoms with Gasteiger partial charge in [0.1, 0.15) is 28.9 Å². The fourth-order valence-corrected chi connectivity index (χ4v) is 5.20. The predicted octanol–water partition coefficient (Wildman–Crippen LogP) is 4.71. The molecule has 2 saturated carbocycles. The maximum absolute atomic E-state index is 13.2. The van der Waals surface area contributed by atoms with E-state index in [2.05, 4.69) is 0 Å². The van der Waals surface area contributed by atoms with Crippen molar-refractivity contribution in [1.82, 2.24) is 0 Å². The molecule has 5 heteroatoms. The zero-order valence-electron chi connectivity index (χ0n) is 19.3. The highest BCUT2D eigenvalue weighted by Gasteiger charge is 2.52. The molecule has 1 aromatic carbocycles. The van der Waals surface area contributed by atoms with Crippen LogP contribution in [0.5, 0.6) is 5.75 Å². The van der Waals surface area contributed by atoms with E-state index in [0.717, 1.165) is 6.42 Å². The standard InChI is InChI=1S/C26H34O5/c1-6-11-31-17-9-7-16(8-10-17)22(23-18(27)12-25(2,3)13-19(23)28)24-20(29)14-26(4,5)15-21(24)30/h7-10,22-24H,6,11-15H2,1-5H3. The maximum atomic E-state index is 13.2. The van der Waals surface area contributed by atoms with E-state index in [4.69, 9.17) is 4.74 Å². The summed E-state index contributed by atoms with van der Waals surface area (Å²) in [5, 5.41) is 0. The SMILES string of the molecule is CCCOc1ccc(C(C2C(=O)CC(C)(C)CC2=O)C2C(=O)CC(C)(C)CC2=O)cc1. The minimum absolute atomic E-state index is 0.164. The van der Waals surface area contributed by atoms with E-state index in [1.165, 1.54) is 0 Å². The Morgan fingerprint density at radius 1 is 0.774 bits per heavy atom. The van der Waals surface area contributed by atoms with Crippen molar-refractivity contribution in [1.29, 1.82) is 0 Å². The Kier molecular flexibility index (Phi) is 6.54. The molecule has 0 atom stereocenters. The molecule has 3 rings (SSSR count). The summed E-state index contributed by atoms with van der Waals surface area (Å²) < 4.78 is 5.65. The van der Waals surface area contributed by atoms with Crippen LogP contribution < -0.4 is 4.74 Å². The summed E-state index contributed by atoms with van der Waals surface area (Å²) in [6.07, 6.45) is 1.99. The summed E-state index contributed by atoms with van der Waals surface area (Å²) in [6, 6.07) is 7.19. The van der Waals surface area contributed by atoms with Crippen molar-refractivity contribution in [2.75, 3.05) is 6.61 Å². The van der Waals surface area contributed by atoms with Gasteiger partial charge in [-0.1, -0.05) is 46.8 Å². The Morgan fingerprint density at radius 3 is 1.52 bits per heavy atom. The molecule has 2 aliphatic rings. The van der Waals surface area contributed by atoms with Crippen LogP contribution in [0, 0.1) is 22.7 Å². The van der Waals surface area contributed by atoms with E-state index in [0.29, 0.717) is 17.9 Å². The minimum atomic E-state index is -0.949. The number of ether oxygens (including phenoxy) is 1. The highest BCUT2D eigenvalue weighted by Crippen LogP contribution is 2.47. The highest BCUT2D eigenvalue weighted by molar-refractivity contribution is 6.11. The minimum Gasteiger partial charge on any atom is -0.494 e. The summed E-state index contributed by atoms with van der Waals surface area (Å²) in [5.41, 5.74) is -0.104. The van der Waals surface area contributed by atoms with Crippen molar-refractivity contribution in [3.63, 3.8) is 0 Å². The van der Waals surface area contributed by atoms with Gasteiger partial charge < -0.3 is 4.74 Å². The number of hydrogen-bond acceptors (Lipinski definition) is 5. The van der Waals surface area contributed by atoms with Gasteiger partial charge in [0.15, 0.2) is 0 Å². The second-order valence-corrected chi connectivity index (χ2v) is 10.8. The van der Waals surface area contributed by atoms with Gasteiger partial charge in [-0.3, -0.25) is 19.2 Å². The first-order valence-electron chi connectivity index (χ1n) is 11.3. The monoisotopic (exact) mass is 426 g/mol. The number of ketones is 4. The first kappa shape index (κ1) is 23.4. The third-order valence-electron chi connectivity index (χ3n) is 6.45. The normalized spacial score (nSPS) is 22.3. The van der Waals surface area contributed by atoms with Gasteiger partial charge >= 0.3 is 0 Å². The predicted molar refractivity (Wildman–Crippen MR) is 118 cm³/mol. The Labute approximate surface area is 184 Å². The van der Waals surface area contributed by atoms with Gasteiger partial charge in [-0.05, 0) is 34.9 Å². The van der Waals surface area contributed by atoms with Crippen molar-refractivity contribution >= 4 is 23.1 Å². The summed E-state index contributed by atoms with van der Waals surface area (Å²) >= 11 is 0. The van der Waals surface area contributed by atoms with Crippen LogP contribution in [0.25, 0.3) is 0 Å². The Bertz CT molecular complexity index is 790. The second kappa shape index (κ2) is 8.68. The number of rotatable bonds is 6. The molecule has 0 aromatic heterocycles. The molecule has 31 heavy (non-hydrogen) atoms. The molecule has 1 aromatic rings. The van der Waals surface area contributed by atoms with Crippen molar-refractivity contribution in [3.8, 4) is 5.75 Å². The molecule has 0 spiro atoms. The van der Waals surface area contributed by atoms with E-state index in [1.54, 1.807) is 24.3 Å². The van der Waals surface area contributed by atoms with Crippen LogP contribution in [0.1, 0.15) is 78.2 Å². The van der Waals surface area contributed by atoms with Gasteiger partial charge in [0.25, 0.3) is 0 Å². The zero-order valence-corrected chi connectivity index (χ0v) is 19.3. The molecule has 0 saturated heterocycles. The van der Waals surface area contributed by atoms with Gasteiger partial charge in [0.05, 0.1) is 18.4 Å². The van der Waals surface area contributed by atoms with E-state index in [1.807, 2.05) is 34.6 Å². The Balaban J connectivity index is 2.02. The summed E-state index contributed by atoms with van der Waals surface area (Å²) in [6.45, 7) is 10.3. The fourth-order valence-electron chi connectivity index (χ4n) is 5.20. The lowest BCUT2D eigenvalue weighted by Gasteiger charge is -2.41. The molecule has 0 unspecified atom stereocenters. The van der Waals surface area contributed by atoms with Crippen molar-refractivity contribution in [2.24, 2.45) is 22.7 Å². The first-order chi connectivity index (χ1) is 14.4. The average Bonchev–Trinajstić information content (AvgIpc) is 2.62. The van der Waals surface area contributed by atoms with E-state index in [9.17, 15) is 19.2 Å². The van der Waals surface area contributed by atoms with Crippen LogP contribution in [0.15, 0.2) is 24.3 Å². The molecule has 168 valence electrons. The number of carbonyl (C=O) groups excluding carboxylic acids is 4. The van der Waals surface area contributed by atoms with E-state index >= 15 is 0 Å². The lowest BCUT2D eigenvalue weighted by atomic mass is 9.59. The zero-order chi connectivity index (χ0) is 23.0. The maximum Gasteiger partial charge on any atom is 0.144 e. The van der Waals surface area contributed by atoms with E-state index in [-0.39, 0.29) is 48.8 Å². The number of benzene rings is 1. The largest absolute Gasteiger partial charge is 0.494 e. The molecule has 5 nitrogen and oxygen atoms in total. The molecule has 2 fully saturated rings. The van der Waals surface area contributed by atoms with Gasteiger partial charge in [-0.25, -0.2) is 0 Å². The molecule has 2 aliphatic carbocycles. The van der Waals surface area contributed by atoms with Gasteiger partial charge in [-0.15, -0.1) is 0 Å². The summed E-state index contributed by atoms with van der Waals surface area (Å²) in [5.74, 6) is -2.61. The molecule has 0 bridgehead atoms. The van der Waals surface area contributed by atoms with Crippen LogP contribution in [0.2, 0.25) is 0 Å². The molecule has 0 aliphatic heterocycles. The molecule has 0 heterocycles. The highest BCUT2D eigenvalue weighted by atomic mass is 16.5. The lowest BCUT2D eigenvalue weighted by Crippen LogP contribution is -2.48. The summed E-state index contributed by atoms with van der Waals surface area (Å²) in [7, 11) is 0. The third kappa shape index (κ3) is 5.13. The quantitative estimate of drug-likeness (QED) is 0.616. The lowest BCUT2D eigenvalue weighted by molar-refractivity contribution is -0.145. The molecule has 0 N–H and O–H groups in total. The van der Waals surface area contributed by atoms with E-state index < -0.39 is 28.6 Å². The first-order valence-corrected chi connectivity index (χ1v) is 11.3. The van der Waals surface area contributed by atoms with Gasteiger partial charge in [0, 0.05) is 31.6 Å². The summed E-state index contributed by atoms with van der Waals surface area (Å²) in [4.78, 5) is 52.6. The van der Waals surface area contributed by atoms with Gasteiger partial charge in [0.2, 0.25) is 0 Å². The molecular formula is C26H34O5. The third-order valence-corrected chi connectivity index (χ3v) is 6.45. The second-order valence-electron chi connectivity index (χ2n) is 10.8. The topological polar surface area (TPSA) is 77.5 Å². The van der Waals surface area contributed by atoms with Crippen LogP contribution in [-0.2, 0) is 19.2 Å². The van der Waals surface area contributed by atoms with Crippen molar-refractivity contribution in [2.45, 2.75) is 72.6 Å².